The molecule has 3 heteroatoms. The Hall–Kier alpha value is -2.13. The molecular formula is C19H24N2O. The first-order valence-corrected chi connectivity index (χ1v) is 7.56. The number of likely N-dealkylation sites (N-methyl/N-ethyl adjacent to an activating group) is 1. The van der Waals surface area contributed by atoms with Crippen LogP contribution in [-0.2, 0) is 0 Å². The van der Waals surface area contributed by atoms with Gasteiger partial charge in [0.1, 0.15) is 0 Å². The van der Waals surface area contributed by atoms with Crippen LogP contribution in [-0.4, -0.2) is 31.4 Å². The molecule has 0 heterocycles. The molecule has 0 saturated heterocycles. The topological polar surface area (TPSA) is 32.3 Å². The summed E-state index contributed by atoms with van der Waals surface area (Å²) in [7, 11) is 4.06. The lowest BCUT2D eigenvalue weighted by Gasteiger charge is -2.25. The summed E-state index contributed by atoms with van der Waals surface area (Å²) in [5.74, 6) is -0.0102. The van der Waals surface area contributed by atoms with E-state index in [1.54, 1.807) is 0 Å². The first kappa shape index (κ1) is 16.2. The maximum absolute atomic E-state index is 12.4. The van der Waals surface area contributed by atoms with E-state index in [4.69, 9.17) is 0 Å². The van der Waals surface area contributed by atoms with E-state index in [2.05, 4.69) is 22.3 Å². The average Bonchev–Trinajstić information content (AvgIpc) is 2.50. The lowest BCUT2D eigenvalue weighted by Crippen LogP contribution is -2.34. The Morgan fingerprint density at radius 3 is 2.41 bits per heavy atom. The van der Waals surface area contributed by atoms with Crippen LogP contribution in [0.1, 0.15) is 33.1 Å². The molecule has 0 spiro atoms. The number of nitrogens with one attached hydrogen (secondary N) is 1. The smallest absolute Gasteiger partial charge is 0.251 e. The van der Waals surface area contributed by atoms with Crippen LogP contribution in [0.2, 0.25) is 0 Å². The van der Waals surface area contributed by atoms with Crippen molar-refractivity contribution in [2.45, 2.75) is 19.9 Å². The third-order valence-corrected chi connectivity index (χ3v) is 3.90. The van der Waals surface area contributed by atoms with Crippen molar-refractivity contribution in [3.05, 3.63) is 70.8 Å². The van der Waals surface area contributed by atoms with Gasteiger partial charge in [0, 0.05) is 12.1 Å². The highest BCUT2D eigenvalue weighted by molar-refractivity contribution is 5.95. The Kier molecular flexibility index (Phi) is 5.34. The second kappa shape index (κ2) is 7.23. The number of nitrogens with zero attached hydrogens (tertiary/aromatic N) is 1. The molecule has 0 aliphatic carbocycles. The van der Waals surface area contributed by atoms with Crippen LogP contribution in [0.25, 0.3) is 0 Å². The van der Waals surface area contributed by atoms with Crippen molar-refractivity contribution in [2.75, 3.05) is 20.6 Å². The highest BCUT2D eigenvalue weighted by Crippen LogP contribution is 2.17. The van der Waals surface area contributed by atoms with Crippen molar-refractivity contribution in [1.82, 2.24) is 10.2 Å². The van der Waals surface area contributed by atoms with Crippen molar-refractivity contribution >= 4 is 5.91 Å². The van der Waals surface area contributed by atoms with E-state index >= 15 is 0 Å². The molecule has 1 atom stereocenters. The van der Waals surface area contributed by atoms with Gasteiger partial charge >= 0.3 is 0 Å². The zero-order chi connectivity index (χ0) is 16.1. The molecule has 0 aromatic heterocycles. The molecule has 0 fully saturated rings. The van der Waals surface area contributed by atoms with Gasteiger partial charge in [0.15, 0.2) is 0 Å². The van der Waals surface area contributed by atoms with Crippen molar-refractivity contribution < 1.29 is 4.79 Å². The number of hydrogen-bond donors (Lipinski definition) is 1. The molecule has 3 nitrogen and oxygen atoms in total. The van der Waals surface area contributed by atoms with E-state index < -0.39 is 0 Å². The largest absolute Gasteiger partial charge is 0.350 e. The van der Waals surface area contributed by atoms with Crippen LogP contribution in [0.4, 0.5) is 0 Å². The Bertz CT molecular complexity index is 635. The van der Waals surface area contributed by atoms with Gasteiger partial charge in [-0.15, -0.1) is 0 Å². The fourth-order valence-electron chi connectivity index (χ4n) is 2.54. The first-order chi connectivity index (χ1) is 10.5. The quantitative estimate of drug-likeness (QED) is 0.918. The molecule has 0 aliphatic rings. The summed E-state index contributed by atoms with van der Waals surface area (Å²) in [5.41, 5.74) is 4.06. The Balaban J connectivity index is 2.10. The fourth-order valence-corrected chi connectivity index (χ4v) is 2.54. The molecule has 22 heavy (non-hydrogen) atoms. The van der Waals surface area contributed by atoms with E-state index in [1.165, 1.54) is 5.56 Å². The number of aryl methyl sites for hydroxylation is 2. The SMILES string of the molecule is Cc1ccc(C)c(C(=O)NC[C@H](c2ccccc2)N(C)C)c1. The number of carbonyl (C=O) groups is 1. The minimum Gasteiger partial charge on any atom is -0.350 e. The minimum absolute atomic E-state index is 0.0102. The lowest BCUT2D eigenvalue weighted by molar-refractivity contribution is 0.0941. The van der Waals surface area contributed by atoms with Crippen molar-refractivity contribution in [2.24, 2.45) is 0 Å². The molecular weight excluding hydrogens is 272 g/mol. The lowest BCUT2D eigenvalue weighted by atomic mass is 10.0. The van der Waals surface area contributed by atoms with Gasteiger partial charge in [-0.1, -0.05) is 48.0 Å². The second-order valence-corrected chi connectivity index (χ2v) is 5.92. The second-order valence-electron chi connectivity index (χ2n) is 5.92. The van der Waals surface area contributed by atoms with E-state index in [9.17, 15) is 4.79 Å². The third-order valence-electron chi connectivity index (χ3n) is 3.90. The fraction of sp³-hybridized carbons (Fsp3) is 0.316. The van der Waals surface area contributed by atoms with Gasteiger partial charge in [-0.05, 0) is 45.1 Å². The average molecular weight is 296 g/mol. The van der Waals surface area contributed by atoms with E-state index in [-0.39, 0.29) is 11.9 Å². The Morgan fingerprint density at radius 2 is 1.77 bits per heavy atom. The van der Waals surface area contributed by atoms with Crippen LogP contribution in [0.15, 0.2) is 48.5 Å². The number of carbonyl (C=O) groups excluding carboxylic acids is 1. The monoisotopic (exact) mass is 296 g/mol. The summed E-state index contributed by atoms with van der Waals surface area (Å²) >= 11 is 0. The molecule has 2 rings (SSSR count). The highest BCUT2D eigenvalue weighted by atomic mass is 16.1. The maximum Gasteiger partial charge on any atom is 0.251 e. The van der Waals surface area contributed by atoms with Gasteiger partial charge in [0.05, 0.1) is 6.04 Å². The summed E-state index contributed by atoms with van der Waals surface area (Å²) in [4.78, 5) is 14.6. The molecule has 1 N–H and O–H groups in total. The molecule has 116 valence electrons. The summed E-state index contributed by atoms with van der Waals surface area (Å²) < 4.78 is 0. The molecule has 2 aromatic carbocycles. The molecule has 2 aromatic rings. The molecule has 0 aliphatic heterocycles. The van der Waals surface area contributed by atoms with Crippen LogP contribution in [0.5, 0.6) is 0 Å². The van der Waals surface area contributed by atoms with Gasteiger partial charge in [-0.25, -0.2) is 0 Å². The third kappa shape index (κ3) is 3.95. The van der Waals surface area contributed by atoms with E-state index in [0.717, 1.165) is 16.7 Å². The summed E-state index contributed by atoms with van der Waals surface area (Å²) in [6.45, 7) is 4.56. The number of hydrogen-bond acceptors (Lipinski definition) is 2. The standard InChI is InChI=1S/C19H24N2O/c1-14-10-11-15(2)17(12-14)19(22)20-13-18(21(3)4)16-8-6-5-7-9-16/h5-12,18H,13H2,1-4H3,(H,20,22)/t18-/m1/s1. The van der Waals surface area contributed by atoms with Crippen molar-refractivity contribution in [3.8, 4) is 0 Å². The molecule has 1 amide bonds. The van der Waals surface area contributed by atoms with Crippen LogP contribution in [0.3, 0.4) is 0 Å². The highest BCUT2D eigenvalue weighted by Gasteiger charge is 2.16. The predicted octanol–water partition coefficient (Wildman–Crippen LogP) is 3.34. The summed E-state index contributed by atoms with van der Waals surface area (Å²) in [6.07, 6.45) is 0. The molecule has 0 radical (unpaired) electrons. The first-order valence-electron chi connectivity index (χ1n) is 7.56. The van der Waals surface area contributed by atoms with Gasteiger partial charge in [-0.3, -0.25) is 4.79 Å². The molecule has 0 bridgehead atoms. The summed E-state index contributed by atoms with van der Waals surface area (Å²) in [6, 6.07) is 16.4. The van der Waals surface area contributed by atoms with Crippen LogP contribution in [0, 0.1) is 13.8 Å². The van der Waals surface area contributed by atoms with E-state index in [0.29, 0.717) is 6.54 Å². The maximum atomic E-state index is 12.4. The predicted molar refractivity (Wildman–Crippen MR) is 91.1 cm³/mol. The van der Waals surface area contributed by atoms with Gasteiger partial charge in [0.2, 0.25) is 0 Å². The molecule has 0 saturated carbocycles. The van der Waals surface area contributed by atoms with Crippen LogP contribution >= 0.6 is 0 Å². The Morgan fingerprint density at radius 1 is 1.09 bits per heavy atom. The van der Waals surface area contributed by atoms with Crippen molar-refractivity contribution in [1.29, 1.82) is 0 Å². The van der Waals surface area contributed by atoms with Crippen LogP contribution < -0.4 is 5.32 Å². The van der Waals surface area contributed by atoms with Gasteiger partial charge < -0.3 is 10.2 Å². The van der Waals surface area contributed by atoms with Gasteiger partial charge in [0.25, 0.3) is 5.91 Å². The number of benzene rings is 2. The van der Waals surface area contributed by atoms with Gasteiger partial charge in [-0.2, -0.15) is 0 Å². The minimum atomic E-state index is -0.0102. The summed E-state index contributed by atoms with van der Waals surface area (Å²) in [5, 5.41) is 3.07. The normalized spacial score (nSPS) is 12.2. The Labute approximate surface area is 133 Å². The zero-order valence-corrected chi connectivity index (χ0v) is 13.8. The number of amides is 1. The van der Waals surface area contributed by atoms with Crippen molar-refractivity contribution in [3.63, 3.8) is 0 Å². The number of rotatable bonds is 5. The zero-order valence-electron chi connectivity index (χ0n) is 13.8. The van der Waals surface area contributed by atoms with E-state index in [1.807, 2.05) is 64.3 Å². The molecule has 0 unspecified atom stereocenters.